The predicted octanol–water partition coefficient (Wildman–Crippen LogP) is 10.9. The lowest BCUT2D eigenvalue weighted by Crippen LogP contribution is -1.99. The summed E-state index contributed by atoms with van der Waals surface area (Å²) in [4.78, 5) is 0. The number of nitrogens with two attached hydrogens (primary N) is 1. The number of anilines is 1. The van der Waals surface area contributed by atoms with Crippen LogP contribution < -0.4 is 10.5 Å². The first-order valence-electron chi connectivity index (χ1n) is 15.7. The zero-order chi connectivity index (χ0) is 26.2. The highest BCUT2D eigenvalue weighted by atomic mass is 16.5. The second-order valence-electron chi connectivity index (χ2n) is 10.9. The van der Waals surface area contributed by atoms with Crippen LogP contribution in [0.25, 0.3) is 0 Å². The van der Waals surface area contributed by atoms with E-state index in [1.165, 1.54) is 114 Å². The van der Waals surface area contributed by atoms with Gasteiger partial charge in [-0.1, -0.05) is 128 Å². The Kier molecular flexibility index (Phi) is 18.6. The van der Waals surface area contributed by atoms with E-state index in [0.29, 0.717) is 0 Å². The van der Waals surface area contributed by atoms with Crippen LogP contribution in [-0.2, 0) is 6.42 Å². The van der Waals surface area contributed by atoms with Crippen LogP contribution in [0.4, 0.5) is 5.69 Å². The van der Waals surface area contributed by atoms with E-state index in [-0.39, 0.29) is 0 Å². The number of rotatable bonds is 24. The molecule has 0 aliphatic carbocycles. The van der Waals surface area contributed by atoms with Gasteiger partial charge in [0.25, 0.3) is 0 Å². The second-order valence-corrected chi connectivity index (χ2v) is 10.9. The summed E-state index contributed by atoms with van der Waals surface area (Å²) < 4.78 is 5.81. The van der Waals surface area contributed by atoms with Gasteiger partial charge in [-0.2, -0.15) is 0 Å². The molecular formula is C35H56NO. The van der Waals surface area contributed by atoms with Gasteiger partial charge in [0.15, 0.2) is 0 Å². The summed E-state index contributed by atoms with van der Waals surface area (Å²) in [7, 11) is 0. The van der Waals surface area contributed by atoms with Gasteiger partial charge in [-0.25, -0.2) is 0 Å². The molecule has 2 rings (SSSR count). The maximum absolute atomic E-state index is 6.11. The van der Waals surface area contributed by atoms with Gasteiger partial charge in [0, 0.05) is 5.69 Å². The van der Waals surface area contributed by atoms with Gasteiger partial charge in [-0.15, -0.1) is 0 Å². The SMILES string of the molecule is CCCCCCCCCCCCCCCCCCc1cc(N)ccc1[CH]CCCCOc1ccccc1. The van der Waals surface area contributed by atoms with Gasteiger partial charge in [0.2, 0.25) is 0 Å². The molecule has 0 fully saturated rings. The molecule has 0 heterocycles. The van der Waals surface area contributed by atoms with Crippen LogP contribution in [0.5, 0.6) is 5.75 Å². The summed E-state index contributed by atoms with van der Waals surface area (Å²) in [6, 6.07) is 16.5. The lowest BCUT2D eigenvalue weighted by molar-refractivity contribution is 0.307. The van der Waals surface area contributed by atoms with Crippen LogP contribution >= 0.6 is 0 Å². The smallest absolute Gasteiger partial charge is 0.119 e. The van der Waals surface area contributed by atoms with Crippen LogP contribution in [0.15, 0.2) is 48.5 Å². The monoisotopic (exact) mass is 506 g/mol. The number of aryl methyl sites for hydroxylation is 1. The highest BCUT2D eigenvalue weighted by Crippen LogP contribution is 2.21. The van der Waals surface area contributed by atoms with Gasteiger partial charge in [0.1, 0.15) is 5.75 Å². The molecule has 2 aromatic rings. The van der Waals surface area contributed by atoms with Crippen LogP contribution in [-0.4, -0.2) is 6.61 Å². The lowest BCUT2D eigenvalue weighted by Gasteiger charge is -2.11. The largest absolute Gasteiger partial charge is 0.494 e. The van der Waals surface area contributed by atoms with E-state index in [1.54, 1.807) is 0 Å². The lowest BCUT2D eigenvalue weighted by atomic mass is 9.96. The molecule has 0 saturated carbocycles. The number of hydrogen-bond acceptors (Lipinski definition) is 2. The van der Waals surface area contributed by atoms with Crippen LogP contribution in [0.1, 0.15) is 140 Å². The molecule has 0 aliphatic rings. The minimum atomic E-state index is 0.783. The number of benzene rings is 2. The third kappa shape index (κ3) is 16.5. The van der Waals surface area contributed by atoms with E-state index in [0.717, 1.165) is 43.7 Å². The third-order valence-corrected chi connectivity index (χ3v) is 7.44. The first kappa shape index (κ1) is 31.3. The summed E-state index contributed by atoms with van der Waals surface area (Å²) in [5, 5.41) is 0. The molecule has 2 nitrogen and oxygen atoms in total. The fraction of sp³-hybridized carbons (Fsp3) is 0.629. The van der Waals surface area contributed by atoms with Gasteiger partial charge < -0.3 is 10.5 Å². The topological polar surface area (TPSA) is 35.2 Å². The Balaban J connectivity index is 1.44. The van der Waals surface area contributed by atoms with E-state index < -0.39 is 0 Å². The number of para-hydroxylation sites is 1. The van der Waals surface area contributed by atoms with Crippen molar-refractivity contribution in [2.24, 2.45) is 0 Å². The maximum Gasteiger partial charge on any atom is 0.119 e. The van der Waals surface area contributed by atoms with Crippen molar-refractivity contribution < 1.29 is 4.74 Å². The van der Waals surface area contributed by atoms with Crippen LogP contribution in [0.2, 0.25) is 0 Å². The van der Waals surface area contributed by atoms with Crippen molar-refractivity contribution in [3.8, 4) is 5.75 Å². The quantitative estimate of drug-likeness (QED) is 0.113. The minimum absolute atomic E-state index is 0.783. The fourth-order valence-electron chi connectivity index (χ4n) is 5.12. The third-order valence-electron chi connectivity index (χ3n) is 7.44. The summed E-state index contributed by atoms with van der Waals surface area (Å²) in [5.41, 5.74) is 9.79. The highest BCUT2D eigenvalue weighted by Gasteiger charge is 2.05. The zero-order valence-corrected chi connectivity index (χ0v) is 24.0. The van der Waals surface area contributed by atoms with Crippen LogP contribution in [0.3, 0.4) is 0 Å². The van der Waals surface area contributed by atoms with Crippen molar-refractivity contribution in [2.45, 2.75) is 135 Å². The first-order chi connectivity index (χ1) is 18.3. The van der Waals surface area contributed by atoms with E-state index in [1.807, 2.05) is 36.4 Å². The normalized spacial score (nSPS) is 11.2. The molecule has 1 radical (unpaired) electrons. The standard InChI is InChI=1S/C35H56NO/c1-2-3-4-5-6-7-8-9-10-11-12-13-14-15-16-19-25-33-31-34(36)29-28-32(33)24-20-18-23-30-37-35-26-21-17-22-27-35/h17,21-22,24,26-29,31H,2-16,18-20,23,25,30,36H2,1H3. The molecule has 0 amide bonds. The first-order valence-corrected chi connectivity index (χ1v) is 15.7. The van der Waals surface area contributed by atoms with Crippen molar-refractivity contribution in [3.05, 3.63) is 66.1 Å². The fourth-order valence-corrected chi connectivity index (χ4v) is 5.12. The predicted molar refractivity (Wildman–Crippen MR) is 163 cm³/mol. The Bertz CT molecular complexity index is 772. The van der Waals surface area contributed by atoms with E-state index >= 15 is 0 Å². The molecular weight excluding hydrogens is 450 g/mol. The number of unbranched alkanes of at least 4 members (excludes halogenated alkanes) is 17. The van der Waals surface area contributed by atoms with Gasteiger partial charge >= 0.3 is 0 Å². The van der Waals surface area contributed by atoms with Gasteiger partial charge in [-0.05, 0) is 73.9 Å². The van der Waals surface area contributed by atoms with E-state index in [2.05, 4.69) is 25.5 Å². The molecule has 0 aromatic heterocycles. The molecule has 207 valence electrons. The average Bonchev–Trinajstić information content (AvgIpc) is 2.92. The number of ether oxygens (including phenoxy) is 1. The Hall–Kier alpha value is -1.96. The molecule has 2 aromatic carbocycles. The second kappa shape index (κ2) is 22.1. The Labute approximate surface area is 229 Å². The molecule has 0 saturated heterocycles. The van der Waals surface area contributed by atoms with Gasteiger partial charge in [0.05, 0.1) is 6.61 Å². The number of hydrogen-bond donors (Lipinski definition) is 1. The summed E-state index contributed by atoms with van der Waals surface area (Å²) >= 11 is 0. The van der Waals surface area contributed by atoms with Crippen molar-refractivity contribution in [1.82, 2.24) is 0 Å². The van der Waals surface area contributed by atoms with Crippen LogP contribution in [0, 0.1) is 6.42 Å². The molecule has 0 aliphatic heterocycles. The minimum Gasteiger partial charge on any atom is -0.494 e. The van der Waals surface area contributed by atoms with Gasteiger partial charge in [-0.3, -0.25) is 0 Å². The molecule has 2 N–H and O–H groups in total. The van der Waals surface area contributed by atoms with Crippen molar-refractivity contribution in [1.29, 1.82) is 0 Å². The molecule has 0 atom stereocenters. The zero-order valence-electron chi connectivity index (χ0n) is 24.0. The van der Waals surface area contributed by atoms with Crippen molar-refractivity contribution in [3.63, 3.8) is 0 Å². The highest BCUT2D eigenvalue weighted by molar-refractivity contribution is 5.47. The van der Waals surface area contributed by atoms with E-state index in [9.17, 15) is 0 Å². The molecule has 0 bridgehead atoms. The Morgan fingerprint density at radius 1 is 0.622 bits per heavy atom. The number of nitrogen functional groups attached to an aromatic ring is 1. The van der Waals surface area contributed by atoms with Crippen molar-refractivity contribution >= 4 is 5.69 Å². The average molecular weight is 507 g/mol. The maximum atomic E-state index is 6.11. The van der Waals surface area contributed by atoms with Crippen molar-refractivity contribution in [2.75, 3.05) is 12.3 Å². The molecule has 37 heavy (non-hydrogen) atoms. The molecule has 0 spiro atoms. The molecule has 0 unspecified atom stereocenters. The Morgan fingerprint density at radius 3 is 1.78 bits per heavy atom. The van der Waals surface area contributed by atoms with E-state index in [4.69, 9.17) is 10.5 Å². The molecule has 2 heteroatoms. The summed E-state index contributed by atoms with van der Waals surface area (Å²) in [6.45, 7) is 3.08. The Morgan fingerprint density at radius 2 is 1.19 bits per heavy atom. The summed E-state index contributed by atoms with van der Waals surface area (Å²) in [6.07, 6.45) is 29.5. The summed E-state index contributed by atoms with van der Waals surface area (Å²) in [5.74, 6) is 0.964.